The summed E-state index contributed by atoms with van der Waals surface area (Å²) in [5, 5.41) is 12.7. The van der Waals surface area contributed by atoms with Crippen molar-refractivity contribution in [1.29, 1.82) is 0 Å². The van der Waals surface area contributed by atoms with Crippen molar-refractivity contribution < 1.29 is 23.8 Å². The molecule has 7 heteroatoms. The fraction of sp³-hybridized carbons (Fsp3) is 0.938. The Morgan fingerprint density at radius 3 is 2.26 bits per heavy atom. The highest BCUT2D eigenvalue weighted by Crippen LogP contribution is 2.39. The molecule has 0 saturated carbocycles. The maximum Gasteiger partial charge on any atom is 0.220 e. The number of aliphatic hydroxyl groups is 1. The van der Waals surface area contributed by atoms with Crippen LogP contribution < -0.4 is 5.32 Å². The minimum Gasteiger partial charge on any atom is -0.412 e. The van der Waals surface area contributed by atoms with Gasteiger partial charge in [0.15, 0.2) is 14.1 Å². The molecule has 1 aliphatic heterocycles. The monoisotopic (exact) mass is 347 g/mol. The number of aliphatic hydroxyl groups excluding tert-OH is 1. The molecule has 0 aromatic carbocycles. The van der Waals surface area contributed by atoms with Gasteiger partial charge in [0.05, 0.1) is 18.8 Å². The quantitative estimate of drug-likeness (QED) is 0.544. The van der Waals surface area contributed by atoms with E-state index >= 15 is 0 Å². The lowest BCUT2D eigenvalue weighted by atomic mass is 9.94. The molecule has 6 nitrogen and oxygen atoms in total. The summed E-state index contributed by atoms with van der Waals surface area (Å²) in [6.07, 6.45) is 1.39. The Hall–Kier alpha value is -0.473. The van der Waals surface area contributed by atoms with Crippen LogP contribution in [0.3, 0.4) is 0 Å². The van der Waals surface area contributed by atoms with Gasteiger partial charge < -0.3 is 24.3 Å². The Kier molecular flexibility index (Phi) is 6.81. The van der Waals surface area contributed by atoms with Crippen LogP contribution in [0.15, 0.2) is 0 Å². The lowest BCUT2D eigenvalue weighted by molar-refractivity contribution is -0.236. The van der Waals surface area contributed by atoms with Gasteiger partial charge in [-0.15, -0.1) is 0 Å². The van der Waals surface area contributed by atoms with Gasteiger partial charge >= 0.3 is 0 Å². The normalized spacial score (nSPS) is 23.7. The fourth-order valence-corrected chi connectivity index (χ4v) is 3.90. The van der Waals surface area contributed by atoms with Crippen LogP contribution >= 0.6 is 0 Å². The second kappa shape index (κ2) is 7.61. The van der Waals surface area contributed by atoms with Crippen molar-refractivity contribution in [3.8, 4) is 0 Å². The van der Waals surface area contributed by atoms with Crippen molar-refractivity contribution in [2.24, 2.45) is 0 Å². The molecule has 1 amide bonds. The van der Waals surface area contributed by atoms with Crippen LogP contribution in [-0.2, 0) is 18.7 Å². The average molecular weight is 348 g/mol. The zero-order valence-electron chi connectivity index (χ0n) is 15.6. The summed E-state index contributed by atoms with van der Waals surface area (Å²) in [7, 11) is 1.03. The third-order valence-corrected chi connectivity index (χ3v) is 9.72. The molecule has 1 heterocycles. The van der Waals surface area contributed by atoms with E-state index in [9.17, 15) is 9.90 Å². The molecule has 0 radical (unpaired) electrons. The van der Waals surface area contributed by atoms with Gasteiger partial charge in [-0.3, -0.25) is 4.79 Å². The zero-order valence-corrected chi connectivity index (χ0v) is 16.6. The minimum atomic E-state index is -1.96. The lowest BCUT2D eigenvalue weighted by Gasteiger charge is -2.44. The number of amides is 1. The Morgan fingerprint density at radius 1 is 1.26 bits per heavy atom. The van der Waals surface area contributed by atoms with E-state index in [2.05, 4.69) is 39.2 Å². The van der Waals surface area contributed by atoms with Crippen molar-refractivity contribution in [1.82, 2.24) is 5.32 Å². The third kappa shape index (κ3) is 5.00. The molecule has 0 unspecified atom stereocenters. The minimum absolute atomic E-state index is 0.00382. The Labute approximate surface area is 141 Å². The van der Waals surface area contributed by atoms with E-state index in [1.807, 2.05) is 0 Å². The zero-order chi connectivity index (χ0) is 17.9. The van der Waals surface area contributed by atoms with E-state index in [0.717, 1.165) is 0 Å². The van der Waals surface area contributed by atoms with Crippen LogP contribution in [0.5, 0.6) is 0 Å². The number of rotatable bonds is 7. The number of hydrogen-bond acceptors (Lipinski definition) is 5. The summed E-state index contributed by atoms with van der Waals surface area (Å²) in [6, 6.07) is -0.238. The van der Waals surface area contributed by atoms with Gasteiger partial charge in [0, 0.05) is 27.1 Å². The van der Waals surface area contributed by atoms with Gasteiger partial charge in [-0.05, 0) is 24.6 Å². The highest BCUT2D eigenvalue weighted by molar-refractivity contribution is 6.74. The van der Waals surface area contributed by atoms with Crippen molar-refractivity contribution >= 4 is 14.2 Å². The van der Waals surface area contributed by atoms with Gasteiger partial charge in [-0.2, -0.15) is 0 Å². The summed E-state index contributed by atoms with van der Waals surface area (Å²) in [6.45, 7) is 10.7. The first-order chi connectivity index (χ1) is 10.5. The standard InChI is InChI=1S/C16H33NO5Si/c1-15(2,3)23(6,7)22-13-8-9-14(19)17-12(13)10-16(11-18,20-4)21-5/h12-13,18H,8-11H2,1-7H3,(H,17,19)/t12-,13+/m1/s1. The molecular weight excluding hydrogens is 314 g/mol. The topological polar surface area (TPSA) is 77.0 Å². The largest absolute Gasteiger partial charge is 0.412 e. The summed E-state index contributed by atoms with van der Waals surface area (Å²) < 4.78 is 17.2. The highest BCUT2D eigenvalue weighted by Gasteiger charge is 2.44. The molecule has 1 saturated heterocycles. The Bertz CT molecular complexity index is 396. The van der Waals surface area contributed by atoms with Gasteiger partial charge in [-0.25, -0.2) is 0 Å². The number of hydrogen-bond donors (Lipinski definition) is 2. The van der Waals surface area contributed by atoms with Crippen molar-refractivity contribution in [2.45, 2.75) is 76.1 Å². The number of ether oxygens (including phenoxy) is 2. The van der Waals surface area contributed by atoms with Crippen LogP contribution in [0, 0.1) is 0 Å². The molecule has 2 atom stereocenters. The van der Waals surface area contributed by atoms with Gasteiger partial charge in [-0.1, -0.05) is 20.8 Å². The van der Waals surface area contributed by atoms with Gasteiger partial charge in [0.25, 0.3) is 0 Å². The maximum atomic E-state index is 11.8. The molecule has 0 aromatic rings. The fourth-order valence-electron chi connectivity index (χ4n) is 2.50. The van der Waals surface area contributed by atoms with E-state index in [1.165, 1.54) is 14.2 Å². The summed E-state index contributed by atoms with van der Waals surface area (Å²) in [5.74, 6) is -1.12. The summed E-state index contributed by atoms with van der Waals surface area (Å²) in [4.78, 5) is 11.8. The van der Waals surface area contributed by atoms with Crippen LogP contribution in [0.1, 0.15) is 40.0 Å². The number of piperidine rings is 1. The molecule has 0 aromatic heterocycles. The Morgan fingerprint density at radius 2 is 1.83 bits per heavy atom. The van der Waals surface area contributed by atoms with Crippen molar-refractivity contribution in [3.05, 3.63) is 0 Å². The number of carbonyl (C=O) groups excluding carboxylic acids is 1. The average Bonchev–Trinajstić information content (AvgIpc) is 2.46. The number of carbonyl (C=O) groups is 1. The molecule has 23 heavy (non-hydrogen) atoms. The van der Waals surface area contributed by atoms with Gasteiger partial charge in [0.2, 0.25) is 5.91 Å². The number of nitrogens with one attached hydrogen (secondary N) is 1. The molecule has 0 bridgehead atoms. The van der Waals surface area contributed by atoms with E-state index in [-0.39, 0.29) is 29.7 Å². The first-order valence-electron chi connectivity index (χ1n) is 8.18. The predicted octanol–water partition coefficient (Wildman–Crippen LogP) is 2.03. The first kappa shape index (κ1) is 20.6. The van der Waals surface area contributed by atoms with Crippen molar-refractivity contribution in [3.63, 3.8) is 0 Å². The van der Waals surface area contributed by atoms with Gasteiger partial charge in [0.1, 0.15) is 0 Å². The van der Waals surface area contributed by atoms with Crippen LogP contribution in [0.4, 0.5) is 0 Å². The second-order valence-corrected chi connectivity index (χ2v) is 12.6. The van der Waals surface area contributed by atoms with E-state index in [1.54, 1.807) is 0 Å². The lowest BCUT2D eigenvalue weighted by Crippen LogP contribution is -2.58. The van der Waals surface area contributed by atoms with E-state index < -0.39 is 14.1 Å². The predicted molar refractivity (Wildman–Crippen MR) is 91.7 cm³/mol. The van der Waals surface area contributed by atoms with E-state index in [0.29, 0.717) is 19.3 Å². The Balaban J connectivity index is 2.94. The second-order valence-electron chi connectivity index (χ2n) is 7.81. The maximum absolute atomic E-state index is 11.8. The summed E-state index contributed by atoms with van der Waals surface area (Å²) >= 11 is 0. The molecule has 0 aliphatic carbocycles. The molecule has 2 N–H and O–H groups in total. The van der Waals surface area contributed by atoms with Crippen molar-refractivity contribution in [2.75, 3.05) is 20.8 Å². The van der Waals surface area contributed by atoms with Crippen LogP contribution in [-0.4, -0.2) is 58.1 Å². The molecule has 1 rings (SSSR count). The van der Waals surface area contributed by atoms with Crippen LogP contribution in [0.2, 0.25) is 18.1 Å². The van der Waals surface area contributed by atoms with E-state index in [4.69, 9.17) is 13.9 Å². The molecular formula is C16H33NO5Si. The molecule has 1 aliphatic rings. The van der Waals surface area contributed by atoms with Crippen LogP contribution in [0.25, 0.3) is 0 Å². The third-order valence-electron chi connectivity index (χ3n) is 5.22. The molecule has 1 fully saturated rings. The highest BCUT2D eigenvalue weighted by atomic mass is 28.4. The smallest absolute Gasteiger partial charge is 0.220 e. The first-order valence-corrected chi connectivity index (χ1v) is 11.1. The molecule has 136 valence electrons. The number of methoxy groups -OCH3 is 2. The SMILES string of the molecule is COC(CO)(C[C@H]1NC(=O)CC[C@@H]1O[Si](C)(C)C(C)(C)C)OC. The molecule has 0 spiro atoms. The summed E-state index contributed by atoms with van der Waals surface area (Å²) in [5.41, 5.74) is 0.